The van der Waals surface area contributed by atoms with Crippen LogP contribution in [-0.4, -0.2) is 40.8 Å². The Labute approximate surface area is 164 Å². The summed E-state index contributed by atoms with van der Waals surface area (Å²) in [5.74, 6) is -0.439. The van der Waals surface area contributed by atoms with E-state index in [-0.39, 0.29) is 17.7 Å². The van der Waals surface area contributed by atoms with Crippen LogP contribution in [0.5, 0.6) is 0 Å². The molecule has 3 aliphatic rings. The Hall–Kier alpha value is -2.73. The fourth-order valence-electron chi connectivity index (χ4n) is 5.38. The Bertz CT molecular complexity index is 916. The van der Waals surface area contributed by atoms with Crippen molar-refractivity contribution in [1.29, 1.82) is 0 Å². The molecule has 144 valence electrons. The van der Waals surface area contributed by atoms with Crippen molar-refractivity contribution in [1.82, 2.24) is 15.2 Å². The van der Waals surface area contributed by atoms with E-state index in [1.165, 1.54) is 0 Å². The van der Waals surface area contributed by atoms with E-state index in [1.807, 2.05) is 42.6 Å². The molecule has 0 saturated carbocycles. The molecule has 2 amide bonds. The van der Waals surface area contributed by atoms with E-state index in [1.54, 1.807) is 6.20 Å². The summed E-state index contributed by atoms with van der Waals surface area (Å²) in [7, 11) is 0. The monoisotopic (exact) mass is 376 g/mol. The average Bonchev–Trinajstić information content (AvgIpc) is 3.37. The second-order valence-electron chi connectivity index (χ2n) is 7.95. The molecule has 2 N–H and O–H groups in total. The number of benzene rings is 1. The van der Waals surface area contributed by atoms with Gasteiger partial charge in [0.25, 0.3) is 0 Å². The molecule has 3 atom stereocenters. The molecule has 4 heterocycles. The van der Waals surface area contributed by atoms with Gasteiger partial charge in [0.15, 0.2) is 0 Å². The molecule has 1 aromatic heterocycles. The standard InChI is InChI=1S/C22H24N4O2/c27-20(24-11-9-15-5-3-10-23-14-15)18-13-16-6-4-12-26(16)22(18)17-7-1-2-8-19(17)25-21(22)28/h1-3,5,7-8,10,14,16,18H,4,6,9,11-13H2,(H,24,27)(H,25,28)/t16-,18+,22+/m1/s1. The fourth-order valence-corrected chi connectivity index (χ4v) is 5.38. The van der Waals surface area contributed by atoms with Gasteiger partial charge in [-0.1, -0.05) is 24.3 Å². The van der Waals surface area contributed by atoms with Crippen molar-refractivity contribution in [3.63, 3.8) is 0 Å². The van der Waals surface area contributed by atoms with Crippen molar-refractivity contribution in [2.24, 2.45) is 5.92 Å². The summed E-state index contributed by atoms with van der Waals surface area (Å²) >= 11 is 0. The number of hydrogen-bond acceptors (Lipinski definition) is 4. The van der Waals surface area contributed by atoms with Crippen molar-refractivity contribution in [2.75, 3.05) is 18.4 Å². The largest absolute Gasteiger partial charge is 0.355 e. The molecule has 0 unspecified atom stereocenters. The fraction of sp³-hybridized carbons (Fsp3) is 0.409. The molecule has 0 bridgehead atoms. The number of para-hydroxylation sites is 1. The molecule has 1 spiro atoms. The molecule has 2 saturated heterocycles. The lowest BCUT2D eigenvalue weighted by atomic mass is 9.78. The lowest BCUT2D eigenvalue weighted by Crippen LogP contribution is -2.54. The van der Waals surface area contributed by atoms with E-state index in [9.17, 15) is 9.59 Å². The number of aromatic nitrogens is 1. The van der Waals surface area contributed by atoms with Gasteiger partial charge in [-0.3, -0.25) is 19.5 Å². The molecule has 1 aromatic carbocycles. The molecule has 28 heavy (non-hydrogen) atoms. The Morgan fingerprint density at radius 1 is 1.29 bits per heavy atom. The first-order chi connectivity index (χ1) is 13.7. The van der Waals surface area contributed by atoms with Crippen LogP contribution in [-0.2, 0) is 21.5 Å². The lowest BCUT2D eigenvalue weighted by molar-refractivity contribution is -0.137. The number of rotatable bonds is 4. The van der Waals surface area contributed by atoms with Gasteiger partial charge in [0.05, 0.1) is 5.92 Å². The first-order valence-electron chi connectivity index (χ1n) is 10.1. The lowest BCUT2D eigenvalue weighted by Gasteiger charge is -2.36. The number of carbonyl (C=O) groups excluding carboxylic acids is 2. The van der Waals surface area contributed by atoms with Crippen molar-refractivity contribution in [2.45, 2.75) is 37.3 Å². The van der Waals surface area contributed by atoms with E-state index in [2.05, 4.69) is 20.5 Å². The molecular weight excluding hydrogens is 352 g/mol. The normalized spacial score (nSPS) is 28.2. The summed E-state index contributed by atoms with van der Waals surface area (Å²) in [5.41, 5.74) is 2.02. The summed E-state index contributed by atoms with van der Waals surface area (Å²) in [5, 5.41) is 6.13. The molecule has 2 fully saturated rings. The molecule has 6 heteroatoms. The Balaban J connectivity index is 1.42. The maximum absolute atomic E-state index is 13.3. The number of fused-ring (bicyclic) bond motifs is 4. The zero-order valence-electron chi connectivity index (χ0n) is 15.7. The minimum atomic E-state index is -0.865. The summed E-state index contributed by atoms with van der Waals surface area (Å²) in [6.45, 7) is 1.41. The van der Waals surface area contributed by atoms with E-state index in [0.717, 1.165) is 49.0 Å². The minimum absolute atomic E-state index is 0.0230. The van der Waals surface area contributed by atoms with Gasteiger partial charge in [-0.05, 0) is 49.9 Å². The molecular formula is C22H24N4O2. The number of anilines is 1. The number of carbonyl (C=O) groups is 2. The summed E-state index contributed by atoms with van der Waals surface area (Å²) in [6.07, 6.45) is 7.16. The van der Waals surface area contributed by atoms with Gasteiger partial charge in [-0.2, -0.15) is 0 Å². The van der Waals surface area contributed by atoms with E-state index in [4.69, 9.17) is 0 Å². The second-order valence-corrected chi connectivity index (χ2v) is 7.95. The third kappa shape index (κ3) is 2.48. The third-order valence-corrected chi connectivity index (χ3v) is 6.53. The molecule has 0 radical (unpaired) electrons. The van der Waals surface area contributed by atoms with Gasteiger partial charge in [0.2, 0.25) is 11.8 Å². The van der Waals surface area contributed by atoms with Gasteiger partial charge in [0.1, 0.15) is 5.54 Å². The molecule has 0 aliphatic carbocycles. The van der Waals surface area contributed by atoms with E-state index < -0.39 is 5.54 Å². The highest BCUT2D eigenvalue weighted by Crippen LogP contribution is 2.55. The highest BCUT2D eigenvalue weighted by molar-refractivity contribution is 6.09. The predicted molar refractivity (Wildman–Crippen MR) is 106 cm³/mol. The predicted octanol–water partition coefficient (Wildman–Crippen LogP) is 2.07. The summed E-state index contributed by atoms with van der Waals surface area (Å²) in [4.78, 5) is 32.9. The van der Waals surface area contributed by atoms with Gasteiger partial charge >= 0.3 is 0 Å². The molecule has 6 nitrogen and oxygen atoms in total. The van der Waals surface area contributed by atoms with Crippen LogP contribution in [0.2, 0.25) is 0 Å². The highest BCUT2D eigenvalue weighted by atomic mass is 16.2. The zero-order chi connectivity index (χ0) is 19.1. The van der Waals surface area contributed by atoms with Gasteiger partial charge in [-0.15, -0.1) is 0 Å². The molecule has 3 aliphatic heterocycles. The van der Waals surface area contributed by atoms with Crippen LogP contribution in [0.1, 0.15) is 30.4 Å². The number of pyridine rings is 1. The molecule has 5 rings (SSSR count). The zero-order valence-corrected chi connectivity index (χ0v) is 15.7. The minimum Gasteiger partial charge on any atom is -0.355 e. The highest BCUT2D eigenvalue weighted by Gasteiger charge is 2.65. The Kier molecular flexibility index (Phi) is 4.16. The Morgan fingerprint density at radius 2 is 2.18 bits per heavy atom. The topological polar surface area (TPSA) is 74.3 Å². The number of nitrogens with zero attached hydrogens (tertiary/aromatic N) is 2. The van der Waals surface area contributed by atoms with Crippen molar-refractivity contribution >= 4 is 17.5 Å². The first kappa shape index (κ1) is 17.4. The van der Waals surface area contributed by atoms with Crippen LogP contribution in [0, 0.1) is 5.92 Å². The van der Waals surface area contributed by atoms with Crippen LogP contribution < -0.4 is 10.6 Å². The second kappa shape index (κ2) is 6.71. The van der Waals surface area contributed by atoms with E-state index in [0.29, 0.717) is 12.6 Å². The van der Waals surface area contributed by atoms with Gasteiger partial charge < -0.3 is 10.6 Å². The quantitative estimate of drug-likeness (QED) is 0.857. The summed E-state index contributed by atoms with van der Waals surface area (Å²) < 4.78 is 0. The number of hydrogen-bond donors (Lipinski definition) is 2. The van der Waals surface area contributed by atoms with E-state index >= 15 is 0 Å². The van der Waals surface area contributed by atoms with Crippen molar-refractivity contribution in [3.05, 3.63) is 59.9 Å². The first-order valence-corrected chi connectivity index (χ1v) is 10.1. The van der Waals surface area contributed by atoms with Crippen LogP contribution in [0.15, 0.2) is 48.8 Å². The SMILES string of the molecule is O=C(NCCc1cccnc1)[C@@H]1C[C@H]2CCCN2[C@]12C(=O)Nc1ccccc12. The molecule has 2 aromatic rings. The van der Waals surface area contributed by atoms with Crippen molar-refractivity contribution < 1.29 is 9.59 Å². The Morgan fingerprint density at radius 3 is 3.04 bits per heavy atom. The van der Waals surface area contributed by atoms with Crippen LogP contribution in [0.25, 0.3) is 0 Å². The van der Waals surface area contributed by atoms with Crippen LogP contribution in [0.3, 0.4) is 0 Å². The van der Waals surface area contributed by atoms with Crippen LogP contribution >= 0.6 is 0 Å². The maximum atomic E-state index is 13.3. The van der Waals surface area contributed by atoms with Gasteiger partial charge in [-0.25, -0.2) is 0 Å². The number of nitrogens with one attached hydrogen (secondary N) is 2. The maximum Gasteiger partial charge on any atom is 0.250 e. The third-order valence-electron chi connectivity index (χ3n) is 6.53. The van der Waals surface area contributed by atoms with Gasteiger partial charge in [0, 0.05) is 36.2 Å². The number of amides is 2. The summed E-state index contributed by atoms with van der Waals surface area (Å²) in [6, 6.07) is 12.0. The van der Waals surface area contributed by atoms with Crippen LogP contribution in [0.4, 0.5) is 5.69 Å². The average molecular weight is 376 g/mol. The smallest absolute Gasteiger partial charge is 0.250 e. The van der Waals surface area contributed by atoms with Crippen molar-refractivity contribution in [3.8, 4) is 0 Å².